The van der Waals surface area contributed by atoms with Crippen LogP contribution < -0.4 is 5.32 Å². The SMILES string of the molecule is CCOC(=O)C[C@@H](C(=O)OCC)[C@@H](NC(=O)c1cccc([N+](=O)[O-])c1)C(=O)O. The first-order valence-electron chi connectivity index (χ1n) is 8.31. The average Bonchev–Trinajstić information content (AvgIpc) is 2.64. The third-order valence-electron chi connectivity index (χ3n) is 3.56. The third kappa shape index (κ3) is 6.34. The van der Waals surface area contributed by atoms with Gasteiger partial charge in [-0.2, -0.15) is 0 Å². The number of ether oxygens (including phenoxy) is 2. The Bertz CT molecular complexity index is 763. The van der Waals surface area contributed by atoms with E-state index in [2.05, 4.69) is 5.32 Å². The number of hydrogen-bond acceptors (Lipinski definition) is 8. The summed E-state index contributed by atoms with van der Waals surface area (Å²) in [5, 5.41) is 22.4. The second kappa shape index (κ2) is 10.6. The Morgan fingerprint density at radius 3 is 2.36 bits per heavy atom. The Hall–Kier alpha value is -3.50. The van der Waals surface area contributed by atoms with Crippen molar-refractivity contribution in [2.75, 3.05) is 13.2 Å². The van der Waals surface area contributed by atoms with Gasteiger partial charge >= 0.3 is 17.9 Å². The second-order valence-electron chi connectivity index (χ2n) is 5.46. The molecule has 0 radical (unpaired) electrons. The van der Waals surface area contributed by atoms with Crippen molar-refractivity contribution >= 4 is 29.5 Å². The summed E-state index contributed by atoms with van der Waals surface area (Å²) in [6.45, 7) is 2.99. The van der Waals surface area contributed by atoms with E-state index >= 15 is 0 Å². The van der Waals surface area contributed by atoms with Crippen LogP contribution in [0.15, 0.2) is 24.3 Å². The molecular formula is C17H20N2O9. The Morgan fingerprint density at radius 2 is 1.82 bits per heavy atom. The van der Waals surface area contributed by atoms with Gasteiger partial charge in [-0.05, 0) is 19.9 Å². The van der Waals surface area contributed by atoms with Gasteiger partial charge < -0.3 is 19.9 Å². The van der Waals surface area contributed by atoms with Gasteiger partial charge in [-0.1, -0.05) is 6.07 Å². The van der Waals surface area contributed by atoms with Gasteiger partial charge in [0.15, 0.2) is 0 Å². The first-order valence-corrected chi connectivity index (χ1v) is 8.31. The number of non-ortho nitro benzene ring substituents is 1. The van der Waals surface area contributed by atoms with Crippen LogP contribution >= 0.6 is 0 Å². The van der Waals surface area contributed by atoms with Gasteiger partial charge in [0.1, 0.15) is 6.04 Å². The highest BCUT2D eigenvalue weighted by Crippen LogP contribution is 2.17. The molecule has 0 bridgehead atoms. The van der Waals surface area contributed by atoms with E-state index in [1.54, 1.807) is 0 Å². The predicted molar refractivity (Wildman–Crippen MR) is 93.4 cm³/mol. The highest BCUT2D eigenvalue weighted by molar-refractivity contribution is 5.98. The summed E-state index contributed by atoms with van der Waals surface area (Å²) in [6, 6.07) is 2.80. The topological polar surface area (TPSA) is 162 Å². The van der Waals surface area contributed by atoms with Crippen molar-refractivity contribution in [3.63, 3.8) is 0 Å². The van der Waals surface area contributed by atoms with Gasteiger partial charge in [-0.3, -0.25) is 24.5 Å². The van der Waals surface area contributed by atoms with Crippen LogP contribution in [0.4, 0.5) is 5.69 Å². The van der Waals surface area contributed by atoms with E-state index in [1.165, 1.54) is 26.0 Å². The average molecular weight is 396 g/mol. The quantitative estimate of drug-likeness (QED) is 0.332. The van der Waals surface area contributed by atoms with Crippen molar-refractivity contribution < 1.29 is 38.7 Å². The molecule has 0 spiro atoms. The van der Waals surface area contributed by atoms with Crippen LogP contribution in [-0.4, -0.2) is 53.1 Å². The van der Waals surface area contributed by atoms with Crippen molar-refractivity contribution in [2.45, 2.75) is 26.3 Å². The van der Waals surface area contributed by atoms with Crippen molar-refractivity contribution in [1.82, 2.24) is 5.32 Å². The number of esters is 2. The number of carbonyl (C=O) groups excluding carboxylic acids is 3. The predicted octanol–water partition coefficient (Wildman–Crippen LogP) is 0.910. The number of hydrogen-bond donors (Lipinski definition) is 2. The molecule has 11 nitrogen and oxygen atoms in total. The van der Waals surface area contributed by atoms with Crippen LogP contribution in [0.5, 0.6) is 0 Å². The number of nitro benzene ring substituents is 1. The van der Waals surface area contributed by atoms with Crippen LogP contribution in [0.3, 0.4) is 0 Å². The molecule has 0 saturated carbocycles. The van der Waals surface area contributed by atoms with E-state index in [-0.39, 0.29) is 24.5 Å². The van der Waals surface area contributed by atoms with Crippen LogP contribution in [0.1, 0.15) is 30.6 Å². The Labute approximate surface area is 159 Å². The lowest BCUT2D eigenvalue weighted by molar-refractivity contribution is -0.384. The molecule has 0 unspecified atom stereocenters. The third-order valence-corrected chi connectivity index (χ3v) is 3.56. The highest BCUT2D eigenvalue weighted by Gasteiger charge is 2.38. The fourth-order valence-electron chi connectivity index (χ4n) is 2.31. The number of aliphatic carboxylic acids is 1. The molecule has 11 heteroatoms. The molecule has 28 heavy (non-hydrogen) atoms. The van der Waals surface area contributed by atoms with Crippen molar-refractivity contribution in [2.24, 2.45) is 5.92 Å². The molecule has 1 aromatic carbocycles. The van der Waals surface area contributed by atoms with E-state index in [1.807, 2.05) is 0 Å². The minimum atomic E-state index is -1.81. The number of nitro groups is 1. The number of carbonyl (C=O) groups is 4. The molecule has 1 amide bonds. The van der Waals surface area contributed by atoms with Crippen molar-refractivity contribution in [3.05, 3.63) is 39.9 Å². The van der Waals surface area contributed by atoms with Crippen LogP contribution in [0, 0.1) is 16.0 Å². The lowest BCUT2D eigenvalue weighted by atomic mass is 9.95. The van der Waals surface area contributed by atoms with E-state index in [9.17, 15) is 34.4 Å². The summed E-state index contributed by atoms with van der Waals surface area (Å²) in [6.07, 6.45) is -0.626. The molecule has 0 aromatic heterocycles. The number of rotatable bonds is 10. The number of nitrogens with zero attached hydrogens (tertiary/aromatic N) is 1. The zero-order valence-electron chi connectivity index (χ0n) is 15.2. The van der Waals surface area contributed by atoms with Gasteiger partial charge in [0, 0.05) is 17.7 Å². The molecular weight excluding hydrogens is 376 g/mol. The first kappa shape index (κ1) is 22.5. The maximum atomic E-state index is 12.4. The minimum Gasteiger partial charge on any atom is -0.480 e. The number of carboxylic acid groups (broad SMARTS) is 1. The van der Waals surface area contributed by atoms with Crippen molar-refractivity contribution in [3.8, 4) is 0 Å². The minimum absolute atomic E-state index is 0.0200. The summed E-state index contributed by atoms with van der Waals surface area (Å²) in [5.74, 6) is -5.92. The van der Waals surface area contributed by atoms with Gasteiger partial charge in [0.25, 0.3) is 11.6 Å². The first-order chi connectivity index (χ1) is 13.2. The largest absolute Gasteiger partial charge is 0.480 e. The summed E-state index contributed by atoms with van der Waals surface area (Å²) in [5.41, 5.74) is -0.549. The Balaban J connectivity index is 3.12. The fraction of sp³-hybridized carbons (Fsp3) is 0.412. The van der Waals surface area contributed by atoms with Gasteiger partial charge in [-0.15, -0.1) is 0 Å². The van der Waals surface area contributed by atoms with Gasteiger partial charge in [0.05, 0.1) is 30.5 Å². The summed E-state index contributed by atoms with van der Waals surface area (Å²) >= 11 is 0. The summed E-state index contributed by atoms with van der Waals surface area (Å²) in [4.78, 5) is 58.0. The molecule has 0 aliphatic carbocycles. The van der Waals surface area contributed by atoms with Crippen molar-refractivity contribution in [1.29, 1.82) is 0 Å². The molecule has 0 aliphatic heterocycles. The fourth-order valence-corrected chi connectivity index (χ4v) is 2.31. The molecule has 0 aliphatic rings. The highest BCUT2D eigenvalue weighted by atomic mass is 16.6. The molecule has 0 heterocycles. The standard InChI is InChI=1S/C17H20N2O9/c1-3-27-13(20)9-12(17(24)28-4-2)14(16(22)23)18-15(21)10-6-5-7-11(8-10)19(25)26/h5-8,12,14H,3-4,9H2,1-2H3,(H,18,21)(H,22,23)/t12-,14-/m1/s1. The number of carboxylic acids is 1. The van der Waals surface area contributed by atoms with Gasteiger partial charge in [0.2, 0.25) is 0 Å². The zero-order chi connectivity index (χ0) is 21.3. The molecule has 0 saturated heterocycles. The monoisotopic (exact) mass is 396 g/mol. The lowest BCUT2D eigenvalue weighted by Crippen LogP contribution is -2.49. The molecule has 2 N–H and O–H groups in total. The smallest absolute Gasteiger partial charge is 0.327 e. The molecule has 1 aromatic rings. The van der Waals surface area contributed by atoms with Crippen LogP contribution in [0.2, 0.25) is 0 Å². The van der Waals surface area contributed by atoms with E-state index < -0.39 is 47.1 Å². The van der Waals surface area contributed by atoms with Crippen LogP contribution in [-0.2, 0) is 23.9 Å². The summed E-state index contributed by atoms with van der Waals surface area (Å²) < 4.78 is 9.54. The lowest BCUT2D eigenvalue weighted by Gasteiger charge is -2.22. The molecule has 152 valence electrons. The van der Waals surface area contributed by atoms with Crippen LogP contribution in [0.25, 0.3) is 0 Å². The normalized spacial score (nSPS) is 12.4. The Morgan fingerprint density at radius 1 is 1.18 bits per heavy atom. The number of amides is 1. The molecule has 2 atom stereocenters. The van der Waals surface area contributed by atoms with Gasteiger partial charge in [-0.25, -0.2) is 4.79 Å². The summed E-state index contributed by atoms with van der Waals surface area (Å²) in [7, 11) is 0. The number of nitrogens with one attached hydrogen (secondary N) is 1. The molecule has 1 rings (SSSR count). The molecule has 0 fully saturated rings. The number of benzene rings is 1. The van der Waals surface area contributed by atoms with E-state index in [0.29, 0.717) is 0 Å². The van der Waals surface area contributed by atoms with E-state index in [0.717, 1.165) is 12.1 Å². The van der Waals surface area contributed by atoms with E-state index in [4.69, 9.17) is 9.47 Å². The second-order valence-corrected chi connectivity index (χ2v) is 5.46. The zero-order valence-corrected chi connectivity index (χ0v) is 15.2. The maximum Gasteiger partial charge on any atom is 0.327 e. The Kier molecular flexibility index (Phi) is 8.53. The maximum absolute atomic E-state index is 12.4.